The highest BCUT2D eigenvalue weighted by atomic mass is 32.2. The average Bonchev–Trinajstić information content (AvgIpc) is 2.43. The molecule has 0 aliphatic carbocycles. The standard InChI is InChI=1S/C12H17NO6S/c1-8(12(14)15)20(16,17)13-7-9-4-5-10(18-2)11(6-9)19-3/h4-6,8,13H,7H2,1-3H3,(H,14,15). The van der Waals surface area contributed by atoms with E-state index in [1.54, 1.807) is 18.2 Å². The first-order valence-electron chi connectivity index (χ1n) is 5.74. The quantitative estimate of drug-likeness (QED) is 0.764. The molecule has 20 heavy (non-hydrogen) atoms. The van der Waals surface area contributed by atoms with E-state index in [4.69, 9.17) is 14.6 Å². The van der Waals surface area contributed by atoms with Crippen LogP contribution < -0.4 is 14.2 Å². The first-order valence-corrected chi connectivity index (χ1v) is 7.28. The molecule has 0 amide bonds. The molecule has 0 aliphatic heterocycles. The second-order valence-corrected chi connectivity index (χ2v) is 6.12. The molecule has 0 aromatic heterocycles. The minimum absolute atomic E-state index is 0.0275. The van der Waals surface area contributed by atoms with E-state index in [0.29, 0.717) is 17.1 Å². The Hall–Kier alpha value is -1.80. The number of hydrogen-bond donors (Lipinski definition) is 2. The second-order valence-electron chi connectivity index (χ2n) is 4.04. The Morgan fingerprint density at radius 3 is 2.40 bits per heavy atom. The number of methoxy groups -OCH3 is 2. The number of rotatable bonds is 7. The van der Waals surface area contributed by atoms with Gasteiger partial charge in [-0.25, -0.2) is 13.1 Å². The van der Waals surface area contributed by atoms with E-state index in [9.17, 15) is 13.2 Å². The lowest BCUT2D eigenvalue weighted by molar-refractivity contribution is -0.136. The molecule has 1 atom stereocenters. The molecular weight excluding hydrogens is 286 g/mol. The maximum atomic E-state index is 11.7. The molecular formula is C12H17NO6S. The van der Waals surface area contributed by atoms with Crippen LogP contribution >= 0.6 is 0 Å². The Bertz CT molecular complexity index is 584. The number of benzene rings is 1. The van der Waals surface area contributed by atoms with Crippen LogP contribution in [0.25, 0.3) is 0 Å². The minimum Gasteiger partial charge on any atom is -0.493 e. The zero-order valence-corrected chi connectivity index (χ0v) is 12.2. The van der Waals surface area contributed by atoms with Gasteiger partial charge in [-0.3, -0.25) is 4.79 Å². The molecule has 1 aromatic rings. The molecule has 0 radical (unpaired) electrons. The van der Waals surface area contributed by atoms with Crippen LogP contribution in [0.5, 0.6) is 11.5 Å². The van der Waals surface area contributed by atoms with Gasteiger partial charge in [0.2, 0.25) is 10.0 Å². The number of sulfonamides is 1. The minimum atomic E-state index is -3.91. The highest BCUT2D eigenvalue weighted by Crippen LogP contribution is 2.27. The third-order valence-electron chi connectivity index (χ3n) is 2.74. The van der Waals surface area contributed by atoms with Gasteiger partial charge in [0.15, 0.2) is 16.7 Å². The molecule has 1 rings (SSSR count). The van der Waals surface area contributed by atoms with Gasteiger partial charge in [-0.05, 0) is 24.6 Å². The molecule has 0 saturated heterocycles. The van der Waals surface area contributed by atoms with Gasteiger partial charge in [-0.2, -0.15) is 0 Å². The van der Waals surface area contributed by atoms with Crippen molar-refractivity contribution in [2.45, 2.75) is 18.7 Å². The molecule has 0 aliphatic rings. The van der Waals surface area contributed by atoms with Gasteiger partial charge in [0.25, 0.3) is 0 Å². The maximum Gasteiger partial charge on any atom is 0.323 e. The predicted molar refractivity (Wildman–Crippen MR) is 72.4 cm³/mol. The Labute approximate surface area is 117 Å². The first kappa shape index (κ1) is 16.3. The number of carbonyl (C=O) groups is 1. The van der Waals surface area contributed by atoms with Crippen LogP contribution in [0.2, 0.25) is 0 Å². The van der Waals surface area contributed by atoms with E-state index in [0.717, 1.165) is 6.92 Å². The Morgan fingerprint density at radius 1 is 1.30 bits per heavy atom. The average molecular weight is 303 g/mol. The number of nitrogens with one attached hydrogen (secondary N) is 1. The van der Waals surface area contributed by atoms with E-state index in [1.807, 2.05) is 0 Å². The molecule has 8 heteroatoms. The Balaban J connectivity index is 2.83. The van der Waals surface area contributed by atoms with Crippen LogP contribution in [0, 0.1) is 0 Å². The summed E-state index contributed by atoms with van der Waals surface area (Å²) in [6.07, 6.45) is 0. The van der Waals surface area contributed by atoms with Crippen molar-refractivity contribution in [3.05, 3.63) is 23.8 Å². The van der Waals surface area contributed by atoms with Crippen LogP contribution in [0.15, 0.2) is 18.2 Å². The fourth-order valence-corrected chi connectivity index (χ4v) is 2.32. The van der Waals surface area contributed by atoms with Crippen LogP contribution in [-0.4, -0.2) is 39.0 Å². The van der Waals surface area contributed by atoms with Crippen LogP contribution in [0.4, 0.5) is 0 Å². The summed E-state index contributed by atoms with van der Waals surface area (Å²) in [5, 5.41) is 7.20. The van der Waals surface area contributed by atoms with E-state index in [2.05, 4.69) is 4.72 Å². The zero-order chi connectivity index (χ0) is 15.3. The summed E-state index contributed by atoms with van der Waals surface area (Å²) >= 11 is 0. The van der Waals surface area contributed by atoms with E-state index in [-0.39, 0.29) is 6.54 Å². The monoisotopic (exact) mass is 303 g/mol. The van der Waals surface area contributed by atoms with Crippen LogP contribution in [-0.2, 0) is 21.4 Å². The molecule has 0 fully saturated rings. The van der Waals surface area contributed by atoms with Crippen molar-refractivity contribution in [2.24, 2.45) is 0 Å². The van der Waals surface area contributed by atoms with E-state index in [1.165, 1.54) is 14.2 Å². The van der Waals surface area contributed by atoms with Crippen LogP contribution in [0.1, 0.15) is 12.5 Å². The number of carboxylic acid groups (broad SMARTS) is 1. The number of carboxylic acids is 1. The second kappa shape index (κ2) is 6.58. The smallest absolute Gasteiger partial charge is 0.323 e. The summed E-state index contributed by atoms with van der Waals surface area (Å²) in [5.74, 6) is -0.404. The molecule has 1 unspecified atom stereocenters. The third kappa shape index (κ3) is 3.84. The van der Waals surface area contributed by atoms with Crippen molar-refractivity contribution in [3.63, 3.8) is 0 Å². The predicted octanol–water partition coefficient (Wildman–Crippen LogP) is 0.596. The van der Waals surface area contributed by atoms with Gasteiger partial charge in [0.05, 0.1) is 14.2 Å². The van der Waals surface area contributed by atoms with Crippen molar-refractivity contribution < 1.29 is 27.8 Å². The molecule has 112 valence electrons. The number of hydrogen-bond acceptors (Lipinski definition) is 5. The first-order chi connectivity index (χ1) is 9.31. The molecule has 0 saturated carbocycles. The van der Waals surface area contributed by atoms with Gasteiger partial charge in [-0.15, -0.1) is 0 Å². The summed E-state index contributed by atoms with van der Waals surface area (Å²) in [4.78, 5) is 10.7. The number of ether oxygens (including phenoxy) is 2. The van der Waals surface area contributed by atoms with E-state index < -0.39 is 21.2 Å². The lowest BCUT2D eigenvalue weighted by atomic mass is 10.2. The van der Waals surface area contributed by atoms with Gasteiger partial charge < -0.3 is 14.6 Å². The Morgan fingerprint density at radius 2 is 1.90 bits per heavy atom. The van der Waals surface area contributed by atoms with Gasteiger partial charge in [-0.1, -0.05) is 6.07 Å². The fourth-order valence-electron chi connectivity index (χ4n) is 1.43. The summed E-state index contributed by atoms with van der Waals surface area (Å²) < 4.78 is 35.8. The molecule has 0 spiro atoms. The third-order valence-corrected chi connectivity index (χ3v) is 4.42. The van der Waals surface area contributed by atoms with Crippen molar-refractivity contribution in [3.8, 4) is 11.5 Å². The molecule has 0 bridgehead atoms. The summed E-state index contributed by atoms with van der Waals surface area (Å²) in [6, 6.07) is 4.92. The zero-order valence-electron chi connectivity index (χ0n) is 11.4. The highest BCUT2D eigenvalue weighted by Gasteiger charge is 2.27. The van der Waals surface area contributed by atoms with Crippen molar-refractivity contribution in [1.29, 1.82) is 0 Å². The summed E-state index contributed by atoms with van der Waals surface area (Å²) in [5.41, 5.74) is 0.629. The maximum absolute atomic E-state index is 11.7. The fraction of sp³-hybridized carbons (Fsp3) is 0.417. The van der Waals surface area contributed by atoms with Gasteiger partial charge in [0, 0.05) is 6.54 Å². The summed E-state index contributed by atoms with van der Waals surface area (Å²) in [6.45, 7) is 1.08. The van der Waals surface area contributed by atoms with Crippen molar-refractivity contribution >= 4 is 16.0 Å². The lowest BCUT2D eigenvalue weighted by Gasteiger charge is -2.12. The molecule has 7 nitrogen and oxygen atoms in total. The largest absolute Gasteiger partial charge is 0.493 e. The normalized spacial score (nSPS) is 12.8. The topological polar surface area (TPSA) is 102 Å². The number of aliphatic carboxylic acids is 1. The Kier molecular flexibility index (Phi) is 5.34. The van der Waals surface area contributed by atoms with Crippen molar-refractivity contribution in [2.75, 3.05) is 14.2 Å². The highest BCUT2D eigenvalue weighted by molar-refractivity contribution is 7.90. The van der Waals surface area contributed by atoms with Crippen LogP contribution in [0.3, 0.4) is 0 Å². The molecule has 2 N–H and O–H groups in total. The van der Waals surface area contributed by atoms with Gasteiger partial charge >= 0.3 is 5.97 Å². The van der Waals surface area contributed by atoms with Gasteiger partial charge in [0.1, 0.15) is 0 Å². The van der Waals surface area contributed by atoms with Crippen molar-refractivity contribution in [1.82, 2.24) is 4.72 Å². The molecule has 1 aromatic carbocycles. The van der Waals surface area contributed by atoms with E-state index >= 15 is 0 Å². The molecule has 0 heterocycles. The SMILES string of the molecule is COc1ccc(CNS(=O)(=O)C(C)C(=O)O)cc1OC. The lowest BCUT2D eigenvalue weighted by Crippen LogP contribution is -2.37. The summed E-state index contributed by atoms with van der Waals surface area (Å²) in [7, 11) is -0.949.